The largest absolute Gasteiger partial charge is 0.457 e. The average molecular weight is 337 g/mol. The van der Waals surface area contributed by atoms with Gasteiger partial charge >= 0.3 is 0 Å². The Kier molecular flexibility index (Phi) is 4.45. The number of likely N-dealkylation sites (tertiary alicyclic amines) is 1. The molecule has 4 nitrogen and oxygen atoms in total. The second kappa shape index (κ2) is 6.89. The normalized spacial score (nSPS) is 17.6. The van der Waals surface area contributed by atoms with E-state index in [0.29, 0.717) is 0 Å². The van der Waals surface area contributed by atoms with Crippen LogP contribution in [0.4, 0.5) is 0 Å². The van der Waals surface area contributed by atoms with E-state index >= 15 is 0 Å². The third-order valence-electron chi connectivity index (χ3n) is 5.08. The molecule has 130 valence electrons. The summed E-state index contributed by atoms with van der Waals surface area (Å²) in [5, 5.41) is 0. The van der Waals surface area contributed by atoms with Gasteiger partial charge in [-0.2, -0.15) is 0 Å². The molecule has 4 heteroatoms. The van der Waals surface area contributed by atoms with Gasteiger partial charge in [-0.3, -0.25) is 4.79 Å². The number of ether oxygens (including phenoxy) is 2. The van der Waals surface area contributed by atoms with Gasteiger partial charge in [-0.05, 0) is 31.9 Å². The molecule has 1 amide bonds. The molecule has 2 aliphatic heterocycles. The van der Waals surface area contributed by atoms with Crippen molar-refractivity contribution in [3.8, 4) is 11.5 Å². The first-order valence-electron chi connectivity index (χ1n) is 9.04. The number of carbonyl (C=O) groups is 1. The molecule has 2 aromatic rings. The predicted molar refractivity (Wildman–Crippen MR) is 96.0 cm³/mol. The molecule has 0 saturated carbocycles. The van der Waals surface area contributed by atoms with Crippen LogP contribution in [-0.2, 0) is 9.53 Å². The molecule has 0 unspecified atom stereocenters. The summed E-state index contributed by atoms with van der Waals surface area (Å²) in [6.45, 7) is 4.27. The molecule has 0 bridgehead atoms. The Labute approximate surface area is 148 Å². The average Bonchev–Trinajstić information content (AvgIpc) is 2.66. The lowest BCUT2D eigenvalue weighted by molar-refractivity contribution is -0.134. The molecule has 1 fully saturated rings. The van der Waals surface area contributed by atoms with Gasteiger partial charge in [0, 0.05) is 30.8 Å². The Morgan fingerprint density at radius 3 is 2.16 bits per heavy atom. The van der Waals surface area contributed by atoms with Crippen LogP contribution in [0.1, 0.15) is 36.8 Å². The van der Waals surface area contributed by atoms with E-state index in [4.69, 9.17) is 9.47 Å². The molecular formula is C21H23NO3. The first-order valence-corrected chi connectivity index (χ1v) is 9.04. The number of rotatable bonds is 3. The summed E-state index contributed by atoms with van der Waals surface area (Å²) < 4.78 is 11.7. The highest BCUT2D eigenvalue weighted by Gasteiger charge is 2.36. The van der Waals surface area contributed by atoms with E-state index in [9.17, 15) is 4.79 Å². The lowest BCUT2D eigenvalue weighted by Gasteiger charge is -2.36. The Morgan fingerprint density at radius 1 is 1.04 bits per heavy atom. The second-order valence-electron chi connectivity index (χ2n) is 6.59. The number of hydrogen-bond donors (Lipinski definition) is 0. The number of hydrogen-bond acceptors (Lipinski definition) is 3. The van der Waals surface area contributed by atoms with Crippen LogP contribution >= 0.6 is 0 Å². The fourth-order valence-electron chi connectivity index (χ4n) is 3.84. The van der Waals surface area contributed by atoms with E-state index in [1.54, 1.807) is 0 Å². The summed E-state index contributed by atoms with van der Waals surface area (Å²) in [7, 11) is 0. The highest BCUT2D eigenvalue weighted by molar-refractivity contribution is 5.89. The van der Waals surface area contributed by atoms with Crippen molar-refractivity contribution in [1.82, 2.24) is 4.90 Å². The molecular weight excluding hydrogens is 314 g/mol. The van der Waals surface area contributed by atoms with E-state index in [1.165, 1.54) is 0 Å². The van der Waals surface area contributed by atoms with Gasteiger partial charge < -0.3 is 14.4 Å². The third-order valence-corrected chi connectivity index (χ3v) is 5.08. The minimum Gasteiger partial charge on any atom is -0.457 e. The predicted octanol–water partition coefficient (Wildman–Crippen LogP) is 3.95. The van der Waals surface area contributed by atoms with E-state index in [2.05, 4.69) is 0 Å². The highest BCUT2D eigenvalue weighted by Crippen LogP contribution is 2.44. The summed E-state index contributed by atoms with van der Waals surface area (Å²) >= 11 is 0. The topological polar surface area (TPSA) is 38.8 Å². The smallest absolute Gasteiger partial charge is 0.234 e. The van der Waals surface area contributed by atoms with Crippen LogP contribution in [0.25, 0.3) is 0 Å². The molecule has 0 radical (unpaired) electrons. The van der Waals surface area contributed by atoms with Crippen molar-refractivity contribution in [2.75, 3.05) is 19.7 Å². The van der Waals surface area contributed by atoms with Crippen LogP contribution in [0.3, 0.4) is 0 Å². The van der Waals surface area contributed by atoms with Crippen LogP contribution in [0, 0.1) is 0 Å². The maximum Gasteiger partial charge on any atom is 0.234 e. The zero-order valence-electron chi connectivity index (χ0n) is 14.5. The minimum absolute atomic E-state index is 0.165. The Bertz CT molecular complexity index is 720. The van der Waals surface area contributed by atoms with Crippen molar-refractivity contribution >= 4 is 5.91 Å². The number of benzene rings is 2. The monoisotopic (exact) mass is 337 g/mol. The molecule has 2 aromatic carbocycles. The summed E-state index contributed by atoms with van der Waals surface area (Å²) in [4.78, 5) is 15.4. The molecule has 0 spiro atoms. The SMILES string of the molecule is CCOC1CCN(C(=O)C2c3ccccc3Oc3ccccc32)CC1. The van der Waals surface area contributed by atoms with E-state index in [0.717, 1.165) is 55.2 Å². The van der Waals surface area contributed by atoms with Crippen molar-refractivity contribution in [3.63, 3.8) is 0 Å². The van der Waals surface area contributed by atoms with Crippen LogP contribution in [0.5, 0.6) is 11.5 Å². The van der Waals surface area contributed by atoms with Crippen molar-refractivity contribution < 1.29 is 14.3 Å². The summed E-state index contributed by atoms with van der Waals surface area (Å²) in [5.41, 5.74) is 1.91. The van der Waals surface area contributed by atoms with Gasteiger partial charge in [0.1, 0.15) is 11.5 Å². The van der Waals surface area contributed by atoms with Gasteiger partial charge in [-0.15, -0.1) is 0 Å². The first kappa shape index (κ1) is 16.2. The van der Waals surface area contributed by atoms with Crippen LogP contribution in [-0.4, -0.2) is 36.6 Å². The van der Waals surface area contributed by atoms with Gasteiger partial charge in [-0.25, -0.2) is 0 Å². The fraction of sp³-hybridized carbons (Fsp3) is 0.381. The number of piperidine rings is 1. The number of para-hydroxylation sites is 2. The number of carbonyl (C=O) groups excluding carboxylic acids is 1. The van der Waals surface area contributed by atoms with E-state index < -0.39 is 0 Å². The molecule has 2 heterocycles. The van der Waals surface area contributed by atoms with E-state index in [-0.39, 0.29) is 17.9 Å². The summed E-state index contributed by atoms with van der Waals surface area (Å²) in [6, 6.07) is 15.7. The molecule has 0 atom stereocenters. The van der Waals surface area contributed by atoms with Crippen molar-refractivity contribution in [3.05, 3.63) is 59.7 Å². The lowest BCUT2D eigenvalue weighted by Crippen LogP contribution is -2.43. The lowest BCUT2D eigenvalue weighted by atomic mass is 9.86. The molecule has 0 N–H and O–H groups in total. The van der Waals surface area contributed by atoms with Crippen molar-refractivity contribution in [1.29, 1.82) is 0 Å². The van der Waals surface area contributed by atoms with Crippen LogP contribution in [0.2, 0.25) is 0 Å². The van der Waals surface area contributed by atoms with Gasteiger partial charge in [0.25, 0.3) is 0 Å². The third kappa shape index (κ3) is 3.02. The Morgan fingerprint density at radius 2 is 1.60 bits per heavy atom. The van der Waals surface area contributed by atoms with E-state index in [1.807, 2.05) is 60.4 Å². The number of nitrogens with zero attached hydrogens (tertiary/aromatic N) is 1. The molecule has 0 aliphatic carbocycles. The Hall–Kier alpha value is -2.33. The molecule has 1 saturated heterocycles. The quantitative estimate of drug-likeness (QED) is 0.851. The Balaban J connectivity index is 1.63. The van der Waals surface area contributed by atoms with Crippen LogP contribution in [0.15, 0.2) is 48.5 Å². The molecule has 4 rings (SSSR count). The number of amides is 1. The van der Waals surface area contributed by atoms with Crippen LogP contribution < -0.4 is 4.74 Å². The zero-order chi connectivity index (χ0) is 17.2. The van der Waals surface area contributed by atoms with Gasteiger partial charge in [-0.1, -0.05) is 36.4 Å². The van der Waals surface area contributed by atoms with Gasteiger partial charge in [0.15, 0.2) is 0 Å². The standard InChI is InChI=1S/C21H23NO3/c1-2-24-15-11-13-22(14-12-15)21(23)20-16-7-3-5-9-18(16)25-19-10-6-4-8-17(19)20/h3-10,15,20H,2,11-14H2,1H3. The fourth-order valence-corrected chi connectivity index (χ4v) is 3.84. The molecule has 0 aromatic heterocycles. The highest BCUT2D eigenvalue weighted by atomic mass is 16.5. The zero-order valence-corrected chi connectivity index (χ0v) is 14.5. The maximum absolute atomic E-state index is 13.4. The summed E-state index contributed by atoms with van der Waals surface area (Å²) in [6.07, 6.45) is 2.10. The van der Waals surface area contributed by atoms with Gasteiger partial charge in [0.05, 0.1) is 12.0 Å². The second-order valence-corrected chi connectivity index (χ2v) is 6.59. The molecule has 25 heavy (non-hydrogen) atoms. The number of fused-ring (bicyclic) bond motifs is 2. The minimum atomic E-state index is -0.287. The first-order chi connectivity index (χ1) is 12.3. The maximum atomic E-state index is 13.4. The van der Waals surface area contributed by atoms with Gasteiger partial charge in [0.2, 0.25) is 5.91 Å². The summed E-state index contributed by atoms with van der Waals surface area (Å²) in [5.74, 6) is 1.44. The van der Waals surface area contributed by atoms with Crippen molar-refractivity contribution in [2.24, 2.45) is 0 Å². The molecule has 2 aliphatic rings. The van der Waals surface area contributed by atoms with Crippen molar-refractivity contribution in [2.45, 2.75) is 31.8 Å².